The molecule has 14 heavy (non-hydrogen) atoms. The molecule has 1 rings (SSSR count). The van der Waals surface area contributed by atoms with E-state index >= 15 is 0 Å². The number of ether oxygens (including phenoxy) is 1. The summed E-state index contributed by atoms with van der Waals surface area (Å²) < 4.78 is 4.80. The van der Waals surface area contributed by atoms with Crippen molar-refractivity contribution in [2.24, 2.45) is 5.11 Å². The van der Waals surface area contributed by atoms with Gasteiger partial charge in [0.25, 0.3) is 0 Å². The van der Waals surface area contributed by atoms with Crippen LogP contribution < -0.4 is 0 Å². The fraction of sp³-hybridized carbons (Fsp3) is 0.300. The van der Waals surface area contributed by atoms with Gasteiger partial charge in [0.2, 0.25) is 0 Å². The molecule has 0 saturated carbocycles. The second kappa shape index (κ2) is 5.11. The summed E-state index contributed by atoms with van der Waals surface area (Å²) in [6, 6.07) is 8.12. The predicted octanol–water partition coefficient (Wildman–Crippen LogP) is 2.32. The maximum atomic E-state index is 11.3. The number of carbonyl (C=O) groups is 1. The maximum Gasteiger partial charge on any atom is 0.337 e. The molecule has 0 radical (unpaired) electrons. The van der Waals surface area contributed by atoms with E-state index in [1.807, 2.05) is 6.07 Å². The number of nitrogens with one attached hydrogen (secondary N) is 1. The van der Waals surface area contributed by atoms with Crippen molar-refractivity contribution in [2.45, 2.75) is 13.0 Å². The van der Waals surface area contributed by atoms with Gasteiger partial charge in [-0.05, 0) is 12.5 Å². The van der Waals surface area contributed by atoms with E-state index in [0.29, 0.717) is 12.2 Å². The summed E-state index contributed by atoms with van der Waals surface area (Å²) in [4.78, 5) is 11.3. The molecule has 1 N–H and O–H groups in total. The lowest BCUT2D eigenvalue weighted by Gasteiger charge is -2.09. The monoisotopic (exact) mass is 192 g/mol. The minimum Gasteiger partial charge on any atom is -0.464 e. The molecule has 0 heterocycles. The quantitative estimate of drug-likeness (QED) is 0.587. The van der Waals surface area contributed by atoms with Gasteiger partial charge in [-0.2, -0.15) is 5.11 Å². The van der Waals surface area contributed by atoms with E-state index in [9.17, 15) is 4.79 Å². The van der Waals surface area contributed by atoms with Crippen LogP contribution in [0.1, 0.15) is 18.5 Å². The van der Waals surface area contributed by atoms with Crippen molar-refractivity contribution in [1.29, 1.82) is 5.53 Å². The van der Waals surface area contributed by atoms with E-state index in [0.717, 1.165) is 0 Å². The SMILES string of the molecule is CCOC(=O)C(N=N)c1ccccc1. The fourth-order valence-electron chi connectivity index (χ4n) is 1.12. The number of benzene rings is 1. The molecule has 74 valence electrons. The Kier molecular flexibility index (Phi) is 3.79. The molecule has 0 fully saturated rings. The first kappa shape index (κ1) is 10.4. The van der Waals surface area contributed by atoms with Crippen LogP contribution in [0.5, 0.6) is 0 Å². The van der Waals surface area contributed by atoms with Gasteiger partial charge < -0.3 is 4.74 Å². The number of rotatable bonds is 4. The van der Waals surface area contributed by atoms with Crippen LogP contribution in [0.25, 0.3) is 0 Å². The van der Waals surface area contributed by atoms with Crippen LogP contribution in [0.15, 0.2) is 35.4 Å². The van der Waals surface area contributed by atoms with Gasteiger partial charge in [0, 0.05) is 0 Å². The van der Waals surface area contributed by atoms with Crippen LogP contribution in [0.4, 0.5) is 0 Å². The summed E-state index contributed by atoms with van der Waals surface area (Å²) in [5.74, 6) is -0.478. The second-order valence-corrected chi connectivity index (χ2v) is 2.69. The number of hydrogen-bond donors (Lipinski definition) is 1. The Morgan fingerprint density at radius 3 is 2.64 bits per heavy atom. The highest BCUT2D eigenvalue weighted by Crippen LogP contribution is 2.18. The maximum absolute atomic E-state index is 11.3. The molecule has 1 aromatic carbocycles. The van der Waals surface area contributed by atoms with Crippen LogP contribution in [0, 0.1) is 5.53 Å². The van der Waals surface area contributed by atoms with Crippen LogP contribution in [0.3, 0.4) is 0 Å². The molecular weight excluding hydrogens is 180 g/mol. The zero-order valence-electron chi connectivity index (χ0n) is 7.93. The van der Waals surface area contributed by atoms with Crippen LogP contribution in [0.2, 0.25) is 0 Å². The minimum atomic E-state index is -0.823. The van der Waals surface area contributed by atoms with Crippen molar-refractivity contribution in [2.75, 3.05) is 6.61 Å². The molecule has 1 unspecified atom stereocenters. The Morgan fingerprint density at radius 2 is 2.14 bits per heavy atom. The Balaban J connectivity index is 2.82. The highest BCUT2D eigenvalue weighted by Gasteiger charge is 2.20. The van der Waals surface area contributed by atoms with Crippen molar-refractivity contribution in [3.8, 4) is 0 Å². The zero-order valence-corrected chi connectivity index (χ0v) is 7.93. The number of esters is 1. The lowest BCUT2D eigenvalue weighted by molar-refractivity contribution is -0.144. The van der Waals surface area contributed by atoms with Crippen molar-refractivity contribution in [1.82, 2.24) is 0 Å². The molecule has 1 atom stereocenters. The van der Waals surface area contributed by atoms with Crippen molar-refractivity contribution >= 4 is 5.97 Å². The molecule has 0 aliphatic rings. The third-order valence-corrected chi connectivity index (χ3v) is 1.75. The zero-order chi connectivity index (χ0) is 10.4. The fourth-order valence-corrected chi connectivity index (χ4v) is 1.12. The van der Waals surface area contributed by atoms with Gasteiger partial charge in [-0.3, -0.25) is 0 Å². The normalized spacial score (nSPS) is 11.8. The molecule has 0 amide bonds. The standard InChI is InChI=1S/C10H12N2O2/c1-2-14-10(13)9(12-11)8-6-4-3-5-7-8/h3-7,9,11H,2H2,1H3. The molecular formula is C10H12N2O2. The number of nitrogens with zero attached hydrogens (tertiary/aromatic N) is 1. The molecule has 1 aromatic rings. The second-order valence-electron chi connectivity index (χ2n) is 2.69. The Bertz CT molecular complexity index is 311. The summed E-state index contributed by atoms with van der Waals surface area (Å²) in [7, 11) is 0. The van der Waals surface area contributed by atoms with Gasteiger partial charge in [0.1, 0.15) is 0 Å². The summed E-state index contributed by atoms with van der Waals surface area (Å²) >= 11 is 0. The van der Waals surface area contributed by atoms with Gasteiger partial charge in [0.15, 0.2) is 6.04 Å². The van der Waals surface area contributed by atoms with Crippen molar-refractivity contribution < 1.29 is 9.53 Å². The van der Waals surface area contributed by atoms with Crippen LogP contribution in [-0.4, -0.2) is 12.6 Å². The summed E-state index contributed by atoms with van der Waals surface area (Å²) in [6.07, 6.45) is 0. The van der Waals surface area contributed by atoms with Crippen LogP contribution >= 0.6 is 0 Å². The average molecular weight is 192 g/mol. The van der Waals surface area contributed by atoms with Crippen molar-refractivity contribution in [3.05, 3.63) is 35.9 Å². The highest BCUT2D eigenvalue weighted by atomic mass is 16.5. The smallest absolute Gasteiger partial charge is 0.337 e. The van der Waals surface area contributed by atoms with E-state index in [2.05, 4.69) is 5.11 Å². The molecule has 0 saturated heterocycles. The molecule has 4 heteroatoms. The first-order chi connectivity index (χ1) is 6.79. The topological polar surface area (TPSA) is 62.5 Å². The Morgan fingerprint density at radius 1 is 1.50 bits per heavy atom. The summed E-state index contributed by atoms with van der Waals surface area (Å²) in [5.41, 5.74) is 7.61. The van der Waals surface area contributed by atoms with E-state index < -0.39 is 12.0 Å². The van der Waals surface area contributed by atoms with Gasteiger partial charge >= 0.3 is 5.97 Å². The highest BCUT2D eigenvalue weighted by molar-refractivity contribution is 5.77. The first-order valence-corrected chi connectivity index (χ1v) is 4.37. The lowest BCUT2D eigenvalue weighted by Crippen LogP contribution is -2.13. The largest absolute Gasteiger partial charge is 0.464 e. The molecule has 4 nitrogen and oxygen atoms in total. The lowest BCUT2D eigenvalue weighted by atomic mass is 10.1. The molecule has 0 spiro atoms. The van der Waals surface area contributed by atoms with E-state index in [1.165, 1.54) is 0 Å². The molecule has 0 aliphatic carbocycles. The van der Waals surface area contributed by atoms with Gasteiger partial charge in [-0.1, -0.05) is 30.3 Å². The summed E-state index contributed by atoms with van der Waals surface area (Å²) in [5, 5.41) is 3.25. The minimum absolute atomic E-state index is 0.303. The van der Waals surface area contributed by atoms with Crippen molar-refractivity contribution in [3.63, 3.8) is 0 Å². The van der Waals surface area contributed by atoms with Gasteiger partial charge in [-0.15, -0.1) is 0 Å². The average Bonchev–Trinajstić information content (AvgIpc) is 2.21. The third kappa shape index (κ3) is 2.39. The third-order valence-electron chi connectivity index (χ3n) is 1.75. The van der Waals surface area contributed by atoms with E-state index in [4.69, 9.17) is 10.3 Å². The van der Waals surface area contributed by atoms with E-state index in [-0.39, 0.29) is 0 Å². The van der Waals surface area contributed by atoms with Crippen LogP contribution in [-0.2, 0) is 9.53 Å². The Hall–Kier alpha value is -1.71. The van der Waals surface area contributed by atoms with Gasteiger partial charge in [-0.25, -0.2) is 10.3 Å². The molecule has 0 aliphatic heterocycles. The number of hydrogen-bond acceptors (Lipinski definition) is 4. The predicted molar refractivity (Wildman–Crippen MR) is 51.0 cm³/mol. The molecule has 0 aromatic heterocycles. The van der Waals surface area contributed by atoms with E-state index in [1.54, 1.807) is 31.2 Å². The summed E-state index contributed by atoms with van der Waals surface area (Å²) in [6.45, 7) is 2.03. The van der Waals surface area contributed by atoms with Gasteiger partial charge in [0.05, 0.1) is 6.61 Å². The first-order valence-electron chi connectivity index (χ1n) is 4.37. The number of carbonyl (C=O) groups excluding carboxylic acids is 1. The Labute approximate surface area is 82.4 Å². The molecule has 0 bridgehead atoms.